The third-order valence-electron chi connectivity index (χ3n) is 6.50. The minimum Gasteiger partial charge on any atom is -0.382 e. The average Bonchev–Trinajstić information content (AvgIpc) is 3.39. The van der Waals surface area contributed by atoms with E-state index in [0.717, 1.165) is 66.2 Å². The van der Waals surface area contributed by atoms with Crippen LogP contribution in [0.5, 0.6) is 0 Å². The van der Waals surface area contributed by atoms with E-state index in [9.17, 15) is 4.79 Å². The summed E-state index contributed by atoms with van der Waals surface area (Å²) in [5.41, 5.74) is 5.87. The first-order valence-corrected chi connectivity index (χ1v) is 11.9. The summed E-state index contributed by atoms with van der Waals surface area (Å²) in [4.78, 5) is 23.6. The maximum absolute atomic E-state index is 13.2. The topological polar surface area (TPSA) is 73.0 Å². The average molecular weight is 462 g/mol. The first-order chi connectivity index (χ1) is 16.0. The molecule has 170 valence electrons. The number of hydrogen-bond acceptors (Lipinski definition) is 4. The first kappa shape index (κ1) is 21.7. The van der Waals surface area contributed by atoms with Crippen LogP contribution in [0.4, 0.5) is 11.4 Å². The highest BCUT2D eigenvalue weighted by Gasteiger charge is 2.30. The van der Waals surface area contributed by atoms with Crippen molar-refractivity contribution in [2.45, 2.75) is 32.7 Å². The Labute approximate surface area is 199 Å². The van der Waals surface area contributed by atoms with Crippen molar-refractivity contribution >= 4 is 40.0 Å². The maximum atomic E-state index is 13.2. The lowest BCUT2D eigenvalue weighted by atomic mass is 9.94. The van der Waals surface area contributed by atoms with E-state index in [1.54, 1.807) is 0 Å². The lowest BCUT2D eigenvalue weighted by Gasteiger charge is -2.32. The molecule has 2 aliphatic heterocycles. The predicted octanol–water partition coefficient (Wildman–Crippen LogP) is 5.18. The van der Waals surface area contributed by atoms with E-state index in [0.29, 0.717) is 22.5 Å². The van der Waals surface area contributed by atoms with E-state index in [4.69, 9.17) is 11.6 Å². The number of nitrogens with zero attached hydrogens (tertiary/aromatic N) is 2. The Morgan fingerprint density at radius 1 is 1.18 bits per heavy atom. The number of fused-ring (bicyclic) bond motifs is 1. The van der Waals surface area contributed by atoms with Gasteiger partial charge in [0.2, 0.25) is 0 Å². The molecule has 0 bridgehead atoms. The largest absolute Gasteiger partial charge is 0.382 e. The number of rotatable bonds is 5. The molecule has 2 aliphatic rings. The number of carbonyl (C=O) groups excluding carboxylic acids is 1. The van der Waals surface area contributed by atoms with Crippen LogP contribution in [-0.4, -0.2) is 46.5 Å². The second-order valence-corrected chi connectivity index (χ2v) is 9.15. The van der Waals surface area contributed by atoms with Crippen LogP contribution in [0.2, 0.25) is 5.02 Å². The molecule has 33 heavy (non-hydrogen) atoms. The summed E-state index contributed by atoms with van der Waals surface area (Å²) < 4.78 is 0. The molecule has 6 nitrogen and oxygen atoms in total. The second kappa shape index (κ2) is 9.04. The van der Waals surface area contributed by atoms with Crippen LogP contribution in [0.3, 0.4) is 0 Å². The summed E-state index contributed by atoms with van der Waals surface area (Å²) in [6, 6.07) is 14.1. The molecule has 0 radical (unpaired) electrons. The Hall–Kier alpha value is -3.09. The molecule has 0 unspecified atom stereocenters. The number of likely N-dealkylation sites (tertiary alicyclic amines) is 1. The Kier molecular flexibility index (Phi) is 5.96. The van der Waals surface area contributed by atoms with Crippen LogP contribution in [-0.2, 0) is 4.79 Å². The van der Waals surface area contributed by atoms with Gasteiger partial charge < -0.3 is 20.5 Å². The van der Waals surface area contributed by atoms with E-state index >= 15 is 0 Å². The number of aryl methyl sites for hydroxylation is 1. The Morgan fingerprint density at radius 3 is 2.61 bits per heavy atom. The smallest absolute Gasteiger partial charge is 0.257 e. The van der Waals surface area contributed by atoms with Crippen LogP contribution in [0.25, 0.3) is 11.1 Å². The zero-order chi connectivity index (χ0) is 22.9. The molecule has 7 heteroatoms. The number of benzene rings is 2. The Balaban J connectivity index is 1.55. The number of hydrogen-bond donors (Lipinski definition) is 3. The van der Waals surface area contributed by atoms with Crippen molar-refractivity contribution in [1.82, 2.24) is 14.9 Å². The molecule has 5 rings (SSSR count). The van der Waals surface area contributed by atoms with Crippen molar-refractivity contribution in [1.29, 1.82) is 0 Å². The summed E-state index contributed by atoms with van der Waals surface area (Å²) in [5, 5.41) is 7.37. The molecule has 0 saturated carbocycles. The predicted molar refractivity (Wildman–Crippen MR) is 135 cm³/mol. The van der Waals surface area contributed by atoms with Gasteiger partial charge in [0.1, 0.15) is 5.82 Å². The third kappa shape index (κ3) is 4.41. The fourth-order valence-corrected chi connectivity index (χ4v) is 4.82. The number of nitrogens with one attached hydrogen (secondary N) is 3. The lowest BCUT2D eigenvalue weighted by molar-refractivity contribution is -0.110. The molecule has 0 aliphatic carbocycles. The van der Waals surface area contributed by atoms with Crippen LogP contribution >= 0.6 is 11.6 Å². The number of H-pyrrole nitrogens is 1. The molecule has 1 fully saturated rings. The van der Waals surface area contributed by atoms with Crippen molar-refractivity contribution in [3.8, 4) is 0 Å². The molecular formula is C26H28ClN5O. The van der Waals surface area contributed by atoms with Gasteiger partial charge in [0.25, 0.3) is 5.91 Å². The fourth-order valence-electron chi connectivity index (χ4n) is 4.69. The highest BCUT2D eigenvalue weighted by molar-refractivity contribution is 6.38. The third-order valence-corrected chi connectivity index (χ3v) is 6.75. The summed E-state index contributed by atoms with van der Waals surface area (Å²) in [7, 11) is 0. The highest BCUT2D eigenvalue weighted by atomic mass is 35.5. The van der Waals surface area contributed by atoms with Gasteiger partial charge >= 0.3 is 0 Å². The molecule has 0 spiro atoms. The summed E-state index contributed by atoms with van der Waals surface area (Å²) >= 11 is 6.14. The number of anilines is 2. The van der Waals surface area contributed by atoms with E-state index in [1.165, 1.54) is 0 Å². The number of carbonyl (C=O) groups is 1. The molecule has 3 heterocycles. The molecular weight excluding hydrogens is 434 g/mol. The maximum Gasteiger partial charge on any atom is 0.257 e. The van der Waals surface area contributed by atoms with E-state index in [-0.39, 0.29) is 5.91 Å². The summed E-state index contributed by atoms with van der Waals surface area (Å²) in [5.74, 6) is 0.538. The van der Waals surface area contributed by atoms with Gasteiger partial charge in [-0.15, -0.1) is 0 Å². The number of aromatic nitrogens is 2. The van der Waals surface area contributed by atoms with Gasteiger partial charge in [0.15, 0.2) is 0 Å². The SMILES string of the molecule is CCN1CCC(Nc2ccc3c(c2)/C(=C(\c2ccc(Cl)cc2)c2nc(C)c[nH]2)C(=O)N3)CC1. The molecule has 0 atom stereocenters. The minimum atomic E-state index is -0.127. The number of amides is 1. The molecule has 1 amide bonds. The monoisotopic (exact) mass is 461 g/mol. The molecule has 3 aromatic rings. The minimum absolute atomic E-state index is 0.127. The quantitative estimate of drug-likeness (QED) is 0.458. The standard InChI is InChI=1S/C26H28ClN5O/c1-3-32-12-10-19(11-13-32)30-20-8-9-22-21(14-20)24(26(33)31-22)23(25-28-15-16(2)29-25)17-4-6-18(27)7-5-17/h4-9,14-15,19,30H,3,10-13H2,1-2H3,(H,28,29)(H,31,33)/b24-23-. The van der Waals surface area contributed by atoms with Gasteiger partial charge in [0, 0.05) is 52.9 Å². The van der Waals surface area contributed by atoms with Gasteiger partial charge in [0.05, 0.1) is 11.3 Å². The van der Waals surface area contributed by atoms with Crippen LogP contribution in [0, 0.1) is 6.92 Å². The van der Waals surface area contributed by atoms with Gasteiger partial charge in [-0.1, -0.05) is 30.7 Å². The number of imidazole rings is 1. The first-order valence-electron chi connectivity index (χ1n) is 11.5. The fraction of sp³-hybridized carbons (Fsp3) is 0.308. The number of aromatic amines is 1. The van der Waals surface area contributed by atoms with Crippen LogP contribution < -0.4 is 10.6 Å². The summed E-state index contributed by atoms with van der Waals surface area (Å²) in [6.07, 6.45) is 4.08. The molecule has 2 aromatic carbocycles. The van der Waals surface area contributed by atoms with Crippen molar-refractivity contribution < 1.29 is 4.79 Å². The molecule has 1 aromatic heterocycles. The Morgan fingerprint density at radius 2 is 1.94 bits per heavy atom. The van der Waals surface area contributed by atoms with Gasteiger partial charge in [-0.2, -0.15) is 0 Å². The van der Waals surface area contributed by atoms with Gasteiger partial charge in [-0.05, 0) is 62.2 Å². The van der Waals surface area contributed by atoms with E-state index < -0.39 is 0 Å². The van der Waals surface area contributed by atoms with Crippen molar-refractivity contribution in [3.05, 3.63) is 76.3 Å². The molecule has 3 N–H and O–H groups in total. The van der Waals surface area contributed by atoms with Crippen molar-refractivity contribution in [2.75, 3.05) is 30.3 Å². The van der Waals surface area contributed by atoms with Crippen molar-refractivity contribution in [3.63, 3.8) is 0 Å². The lowest BCUT2D eigenvalue weighted by Crippen LogP contribution is -2.38. The normalized spacial score (nSPS) is 18.2. The zero-order valence-corrected chi connectivity index (χ0v) is 19.7. The second-order valence-electron chi connectivity index (χ2n) is 8.71. The Bertz CT molecular complexity index is 1210. The zero-order valence-electron chi connectivity index (χ0n) is 18.9. The van der Waals surface area contributed by atoms with Crippen molar-refractivity contribution in [2.24, 2.45) is 0 Å². The van der Waals surface area contributed by atoms with Gasteiger partial charge in [-0.25, -0.2) is 4.98 Å². The molecule has 1 saturated heterocycles. The summed E-state index contributed by atoms with van der Waals surface area (Å²) in [6.45, 7) is 7.47. The van der Waals surface area contributed by atoms with Crippen LogP contribution in [0.15, 0.2) is 48.7 Å². The number of halogens is 1. The van der Waals surface area contributed by atoms with E-state index in [1.807, 2.05) is 49.5 Å². The highest BCUT2D eigenvalue weighted by Crippen LogP contribution is 2.40. The van der Waals surface area contributed by atoms with Crippen LogP contribution in [0.1, 0.15) is 42.4 Å². The number of piperidine rings is 1. The van der Waals surface area contributed by atoms with Gasteiger partial charge in [-0.3, -0.25) is 4.79 Å². The van der Waals surface area contributed by atoms with E-state index in [2.05, 4.69) is 38.5 Å².